The molecule has 0 fully saturated rings. The molecule has 4 heteroatoms. The Morgan fingerprint density at radius 2 is 1.93 bits per heavy atom. The second-order valence-electron chi connectivity index (χ2n) is 3.42. The van der Waals surface area contributed by atoms with E-state index in [4.69, 9.17) is 4.52 Å². The highest BCUT2D eigenvalue weighted by Crippen LogP contribution is 2.49. The van der Waals surface area contributed by atoms with Crippen LogP contribution in [-0.4, -0.2) is 6.10 Å². The minimum absolute atomic E-state index is 0.161. The molecule has 0 radical (unpaired) electrons. The highest BCUT2D eigenvalue weighted by Gasteiger charge is 2.28. The molecule has 0 amide bonds. The maximum Gasteiger partial charge on any atom is 0.398 e. The smallest absolute Gasteiger partial charge is 0.299 e. The van der Waals surface area contributed by atoms with Gasteiger partial charge < -0.3 is 0 Å². The van der Waals surface area contributed by atoms with Gasteiger partial charge in [-0.15, -0.1) is 0 Å². The Labute approximate surface area is 83.7 Å². The van der Waals surface area contributed by atoms with E-state index in [2.05, 4.69) is 0 Å². The van der Waals surface area contributed by atoms with Crippen LogP contribution in [0.4, 0.5) is 4.20 Å². The number of aryl methyl sites for hydroxylation is 1. The summed E-state index contributed by atoms with van der Waals surface area (Å²) in [6.07, 6.45) is -0.384. The van der Waals surface area contributed by atoms with Crippen LogP contribution in [0.3, 0.4) is 0 Å². The van der Waals surface area contributed by atoms with Crippen molar-refractivity contribution in [3.63, 3.8) is 0 Å². The Balaban J connectivity index is 3.04. The molecule has 1 unspecified atom stereocenters. The second kappa shape index (κ2) is 4.24. The number of rotatable bonds is 3. The van der Waals surface area contributed by atoms with E-state index in [-0.39, 0.29) is 11.4 Å². The van der Waals surface area contributed by atoms with Crippen molar-refractivity contribution in [3.05, 3.63) is 29.8 Å². The first-order valence-corrected chi connectivity index (χ1v) is 5.99. The quantitative estimate of drug-likeness (QED) is 0.725. The minimum Gasteiger partial charge on any atom is -0.299 e. The van der Waals surface area contributed by atoms with Crippen LogP contribution in [-0.2, 0) is 9.09 Å². The molecule has 2 nitrogen and oxygen atoms in total. The lowest BCUT2D eigenvalue weighted by Gasteiger charge is -2.14. The molecule has 0 aliphatic carbocycles. The van der Waals surface area contributed by atoms with Crippen LogP contribution in [0, 0.1) is 6.92 Å². The maximum atomic E-state index is 13.7. The molecule has 0 saturated heterocycles. The van der Waals surface area contributed by atoms with Gasteiger partial charge in [0, 0.05) is 0 Å². The van der Waals surface area contributed by atoms with Crippen LogP contribution in [0.15, 0.2) is 24.3 Å². The molecule has 1 atom stereocenters. The average molecular weight is 216 g/mol. The first kappa shape index (κ1) is 11.4. The SMILES string of the molecule is Cc1ccccc1P(=O)(F)OC(C)C. The predicted molar refractivity (Wildman–Crippen MR) is 55.7 cm³/mol. The van der Waals surface area contributed by atoms with Gasteiger partial charge in [-0.25, -0.2) is 4.57 Å². The lowest BCUT2D eigenvalue weighted by molar-refractivity contribution is 0.230. The van der Waals surface area contributed by atoms with Crippen molar-refractivity contribution >= 4 is 13.0 Å². The van der Waals surface area contributed by atoms with Crippen molar-refractivity contribution < 1.29 is 13.3 Å². The van der Waals surface area contributed by atoms with Crippen LogP contribution in [0.25, 0.3) is 0 Å². The minimum atomic E-state index is -4.14. The molecule has 1 aromatic rings. The van der Waals surface area contributed by atoms with Gasteiger partial charge in [0.15, 0.2) is 0 Å². The van der Waals surface area contributed by atoms with Crippen LogP contribution < -0.4 is 5.30 Å². The zero-order valence-corrected chi connectivity index (χ0v) is 9.42. The summed E-state index contributed by atoms with van der Waals surface area (Å²) in [7, 11) is -4.14. The van der Waals surface area contributed by atoms with Gasteiger partial charge in [-0.1, -0.05) is 18.2 Å². The fourth-order valence-electron chi connectivity index (χ4n) is 1.19. The Bertz CT molecular complexity index is 363. The van der Waals surface area contributed by atoms with E-state index >= 15 is 0 Å². The molecule has 0 saturated carbocycles. The van der Waals surface area contributed by atoms with Crippen molar-refractivity contribution in [3.8, 4) is 0 Å². The third-order valence-electron chi connectivity index (χ3n) is 1.75. The van der Waals surface area contributed by atoms with Crippen LogP contribution in [0.2, 0.25) is 0 Å². The Morgan fingerprint density at radius 1 is 1.36 bits per heavy atom. The van der Waals surface area contributed by atoms with E-state index in [1.165, 1.54) is 6.07 Å². The largest absolute Gasteiger partial charge is 0.398 e. The molecule has 0 spiro atoms. The maximum absolute atomic E-state index is 13.7. The number of hydrogen-bond donors (Lipinski definition) is 0. The normalized spacial score (nSPS) is 15.5. The van der Waals surface area contributed by atoms with Crippen molar-refractivity contribution in [2.24, 2.45) is 0 Å². The molecule has 1 aromatic carbocycles. The summed E-state index contributed by atoms with van der Waals surface area (Å²) in [4.78, 5) is 0. The van der Waals surface area contributed by atoms with Crippen LogP contribution in [0.1, 0.15) is 19.4 Å². The van der Waals surface area contributed by atoms with Gasteiger partial charge in [-0.3, -0.25) is 4.52 Å². The molecular formula is C10H14FO2P. The molecule has 78 valence electrons. The first-order chi connectivity index (χ1) is 6.43. The fourth-order valence-corrected chi connectivity index (χ4v) is 2.61. The number of hydrogen-bond acceptors (Lipinski definition) is 2. The van der Waals surface area contributed by atoms with Gasteiger partial charge in [0.25, 0.3) is 0 Å². The summed E-state index contributed by atoms with van der Waals surface area (Å²) in [5.74, 6) is 0. The summed E-state index contributed by atoms with van der Waals surface area (Å²) in [6.45, 7) is 5.03. The molecule has 0 bridgehead atoms. The average Bonchev–Trinajstić information content (AvgIpc) is 2.02. The van der Waals surface area contributed by atoms with Crippen LogP contribution in [0.5, 0.6) is 0 Å². The Hall–Kier alpha value is -0.660. The van der Waals surface area contributed by atoms with Gasteiger partial charge in [-0.2, -0.15) is 4.20 Å². The predicted octanol–water partition coefficient (Wildman–Crippen LogP) is 3.21. The van der Waals surface area contributed by atoms with Gasteiger partial charge in [0.2, 0.25) is 0 Å². The summed E-state index contributed by atoms with van der Waals surface area (Å²) in [5.41, 5.74) is 0.652. The van der Waals surface area contributed by atoms with Gasteiger partial charge >= 0.3 is 7.68 Å². The van der Waals surface area contributed by atoms with Crippen molar-refractivity contribution in [2.45, 2.75) is 26.9 Å². The van der Waals surface area contributed by atoms with Gasteiger partial charge in [-0.05, 0) is 32.4 Å². The number of benzene rings is 1. The Kier molecular flexibility index (Phi) is 3.46. The lowest BCUT2D eigenvalue weighted by atomic mass is 10.2. The Morgan fingerprint density at radius 3 is 2.43 bits per heavy atom. The summed E-state index contributed by atoms with van der Waals surface area (Å²) >= 11 is 0. The summed E-state index contributed by atoms with van der Waals surface area (Å²) in [5, 5.41) is 0.161. The van der Waals surface area contributed by atoms with E-state index in [0.717, 1.165) is 0 Å². The molecular weight excluding hydrogens is 202 g/mol. The zero-order chi connectivity index (χ0) is 10.8. The fraction of sp³-hybridized carbons (Fsp3) is 0.400. The van der Waals surface area contributed by atoms with Crippen molar-refractivity contribution in [1.29, 1.82) is 0 Å². The highest BCUT2D eigenvalue weighted by atomic mass is 31.2. The van der Waals surface area contributed by atoms with E-state index in [0.29, 0.717) is 5.56 Å². The van der Waals surface area contributed by atoms with E-state index in [9.17, 15) is 8.76 Å². The van der Waals surface area contributed by atoms with Crippen molar-refractivity contribution in [2.75, 3.05) is 0 Å². The molecule has 1 rings (SSSR count). The summed E-state index contributed by atoms with van der Waals surface area (Å²) < 4.78 is 30.0. The molecule has 0 aromatic heterocycles. The van der Waals surface area contributed by atoms with Gasteiger partial charge in [0.05, 0.1) is 11.4 Å². The third kappa shape index (κ3) is 2.66. The molecule has 0 heterocycles. The zero-order valence-electron chi connectivity index (χ0n) is 8.53. The second-order valence-corrected chi connectivity index (χ2v) is 5.07. The lowest BCUT2D eigenvalue weighted by Crippen LogP contribution is -2.11. The van der Waals surface area contributed by atoms with Gasteiger partial charge in [0.1, 0.15) is 0 Å². The first-order valence-electron chi connectivity index (χ1n) is 4.48. The van der Waals surface area contributed by atoms with E-state index in [1.54, 1.807) is 39.0 Å². The molecule has 0 N–H and O–H groups in total. The third-order valence-corrected chi connectivity index (χ3v) is 3.52. The van der Waals surface area contributed by atoms with E-state index in [1.807, 2.05) is 0 Å². The molecule has 0 aliphatic rings. The van der Waals surface area contributed by atoms with Crippen LogP contribution >= 0.6 is 7.68 Å². The molecule has 14 heavy (non-hydrogen) atoms. The monoisotopic (exact) mass is 216 g/mol. The standard InChI is InChI=1S/C10H14FO2P/c1-8(2)13-14(11,12)10-7-5-4-6-9(10)3/h4-8H,1-3H3. The van der Waals surface area contributed by atoms with Crippen molar-refractivity contribution in [1.82, 2.24) is 0 Å². The number of halogens is 1. The topological polar surface area (TPSA) is 26.3 Å². The summed E-state index contributed by atoms with van der Waals surface area (Å²) in [6, 6.07) is 6.64. The molecule has 0 aliphatic heterocycles. The highest BCUT2D eigenvalue weighted by molar-refractivity contribution is 7.61. The van der Waals surface area contributed by atoms with E-state index < -0.39 is 7.68 Å².